The number of rotatable bonds is 3. The highest BCUT2D eigenvalue weighted by Crippen LogP contribution is 2.26. The highest BCUT2D eigenvalue weighted by molar-refractivity contribution is 14.1. The molecule has 0 spiro atoms. The molecular weight excluding hydrogens is 400 g/mol. The van der Waals surface area contributed by atoms with E-state index in [1.54, 1.807) is 17.0 Å². The van der Waals surface area contributed by atoms with Gasteiger partial charge in [-0.15, -0.1) is 0 Å². The Hall–Kier alpha value is -1.05. The van der Waals surface area contributed by atoms with Crippen LogP contribution in [0.1, 0.15) is 27.2 Å². The molecule has 0 saturated carbocycles. The summed E-state index contributed by atoms with van der Waals surface area (Å²) in [7, 11) is 0. The number of carbonyl (C=O) groups excluding carboxylic acids is 1. The number of hydrogen-bond acceptors (Lipinski definition) is 3. The Kier molecular flexibility index (Phi) is 5.52. The van der Waals surface area contributed by atoms with E-state index in [2.05, 4.69) is 22.6 Å². The van der Waals surface area contributed by atoms with Gasteiger partial charge in [0.05, 0.1) is 10.2 Å². The number of benzene rings is 1. The maximum atomic E-state index is 13.7. The molecule has 4 nitrogen and oxygen atoms in total. The van der Waals surface area contributed by atoms with Crippen molar-refractivity contribution in [2.45, 2.75) is 32.8 Å². The van der Waals surface area contributed by atoms with Crippen LogP contribution in [0.3, 0.4) is 0 Å². The van der Waals surface area contributed by atoms with Gasteiger partial charge in [-0.25, -0.2) is 9.18 Å². The first-order valence-electron chi connectivity index (χ1n) is 7.31. The number of hydrogen-bond donors (Lipinski definition) is 0. The van der Waals surface area contributed by atoms with Crippen molar-refractivity contribution < 1.29 is 18.7 Å². The van der Waals surface area contributed by atoms with Gasteiger partial charge in [0.2, 0.25) is 0 Å². The first kappa shape index (κ1) is 17.3. The molecule has 1 unspecified atom stereocenters. The van der Waals surface area contributed by atoms with E-state index < -0.39 is 5.60 Å². The summed E-state index contributed by atoms with van der Waals surface area (Å²) in [6, 6.07) is 4.85. The molecule has 1 aromatic carbocycles. The molecule has 1 fully saturated rings. The van der Waals surface area contributed by atoms with Crippen LogP contribution in [0.25, 0.3) is 0 Å². The molecule has 2 rings (SSSR count). The zero-order valence-corrected chi connectivity index (χ0v) is 15.2. The van der Waals surface area contributed by atoms with Crippen LogP contribution in [0.4, 0.5) is 9.18 Å². The minimum Gasteiger partial charge on any atom is -0.489 e. The number of nitrogens with zero attached hydrogens (tertiary/aromatic N) is 1. The van der Waals surface area contributed by atoms with E-state index in [4.69, 9.17) is 9.47 Å². The lowest BCUT2D eigenvalue weighted by Crippen LogP contribution is -2.35. The van der Waals surface area contributed by atoms with Crippen molar-refractivity contribution in [2.75, 3.05) is 19.7 Å². The summed E-state index contributed by atoms with van der Waals surface area (Å²) in [5.41, 5.74) is -0.491. The topological polar surface area (TPSA) is 38.8 Å². The monoisotopic (exact) mass is 421 g/mol. The summed E-state index contributed by atoms with van der Waals surface area (Å²) >= 11 is 2.05. The van der Waals surface area contributed by atoms with Crippen molar-refractivity contribution in [3.63, 3.8) is 0 Å². The predicted octanol–water partition coefficient (Wildman–Crippen LogP) is 4.07. The molecule has 122 valence electrons. The molecule has 1 aliphatic rings. The van der Waals surface area contributed by atoms with Gasteiger partial charge < -0.3 is 14.4 Å². The molecule has 0 radical (unpaired) electrons. The Balaban J connectivity index is 1.85. The minimum atomic E-state index is -0.491. The Bertz CT molecular complexity index is 524. The summed E-state index contributed by atoms with van der Waals surface area (Å²) < 4.78 is 25.4. The highest BCUT2D eigenvalue weighted by atomic mass is 127. The fraction of sp³-hybridized carbons (Fsp3) is 0.562. The molecule has 1 aliphatic heterocycles. The molecule has 1 heterocycles. The largest absolute Gasteiger partial charge is 0.489 e. The highest BCUT2D eigenvalue weighted by Gasteiger charge is 2.30. The van der Waals surface area contributed by atoms with E-state index in [1.165, 1.54) is 6.07 Å². The first-order valence-corrected chi connectivity index (χ1v) is 8.39. The quantitative estimate of drug-likeness (QED) is 0.691. The van der Waals surface area contributed by atoms with Crippen LogP contribution >= 0.6 is 22.6 Å². The number of halogens is 2. The maximum absolute atomic E-state index is 13.7. The SMILES string of the molecule is CC(C)(C)OC(=O)N1CCC(COc2c(F)cccc2I)C1. The van der Waals surface area contributed by atoms with Crippen LogP contribution in [0.15, 0.2) is 18.2 Å². The van der Waals surface area contributed by atoms with Gasteiger partial charge in [-0.1, -0.05) is 6.07 Å². The molecule has 0 aliphatic carbocycles. The van der Waals surface area contributed by atoms with E-state index in [-0.39, 0.29) is 17.8 Å². The molecule has 1 aromatic rings. The van der Waals surface area contributed by atoms with Gasteiger partial charge in [0.25, 0.3) is 0 Å². The number of amides is 1. The summed E-state index contributed by atoms with van der Waals surface area (Å²) in [5.74, 6) is 0.135. The van der Waals surface area contributed by atoms with Crippen molar-refractivity contribution in [1.82, 2.24) is 4.90 Å². The van der Waals surface area contributed by atoms with Gasteiger partial charge in [-0.3, -0.25) is 0 Å². The fourth-order valence-corrected chi connectivity index (χ4v) is 2.90. The van der Waals surface area contributed by atoms with E-state index >= 15 is 0 Å². The fourth-order valence-electron chi connectivity index (χ4n) is 2.28. The normalized spacial score (nSPS) is 18.4. The Labute approximate surface area is 144 Å². The zero-order chi connectivity index (χ0) is 16.3. The number of ether oxygens (including phenoxy) is 2. The molecule has 0 aromatic heterocycles. The molecule has 6 heteroatoms. The average molecular weight is 421 g/mol. The van der Waals surface area contributed by atoms with Crippen molar-refractivity contribution in [3.05, 3.63) is 27.6 Å². The third-order valence-electron chi connectivity index (χ3n) is 3.32. The summed E-state index contributed by atoms with van der Waals surface area (Å²) in [4.78, 5) is 13.7. The molecular formula is C16H21FINO3. The molecule has 1 atom stereocenters. The van der Waals surface area contributed by atoms with Crippen molar-refractivity contribution in [2.24, 2.45) is 5.92 Å². The maximum Gasteiger partial charge on any atom is 0.410 e. The Morgan fingerprint density at radius 1 is 1.45 bits per heavy atom. The zero-order valence-electron chi connectivity index (χ0n) is 13.1. The van der Waals surface area contributed by atoms with E-state index in [0.717, 1.165) is 9.99 Å². The second-order valence-electron chi connectivity index (χ2n) is 6.44. The van der Waals surface area contributed by atoms with E-state index in [0.29, 0.717) is 25.4 Å². The van der Waals surface area contributed by atoms with Crippen LogP contribution in [-0.4, -0.2) is 36.3 Å². The lowest BCUT2D eigenvalue weighted by Gasteiger charge is -2.24. The lowest BCUT2D eigenvalue weighted by molar-refractivity contribution is 0.0284. The van der Waals surface area contributed by atoms with Crippen molar-refractivity contribution >= 4 is 28.7 Å². The summed E-state index contributed by atoms with van der Waals surface area (Å²) in [5, 5.41) is 0. The van der Waals surface area contributed by atoms with E-state index in [1.807, 2.05) is 20.8 Å². The van der Waals surface area contributed by atoms with Gasteiger partial charge in [0.15, 0.2) is 11.6 Å². The number of para-hydroxylation sites is 1. The van der Waals surface area contributed by atoms with Gasteiger partial charge in [-0.2, -0.15) is 0 Å². The second-order valence-corrected chi connectivity index (χ2v) is 7.61. The molecule has 1 amide bonds. The minimum absolute atomic E-state index is 0.197. The van der Waals surface area contributed by atoms with Gasteiger partial charge in [-0.05, 0) is 61.9 Å². The molecule has 0 bridgehead atoms. The first-order chi connectivity index (χ1) is 10.3. The third kappa shape index (κ3) is 4.72. The number of carbonyl (C=O) groups is 1. The standard InChI is InChI=1S/C16H21FINO3/c1-16(2,3)22-15(20)19-8-7-11(9-19)10-21-14-12(17)5-4-6-13(14)18/h4-6,11H,7-10H2,1-3H3. The predicted molar refractivity (Wildman–Crippen MR) is 90.5 cm³/mol. The second kappa shape index (κ2) is 7.02. The Morgan fingerprint density at radius 3 is 2.82 bits per heavy atom. The van der Waals surface area contributed by atoms with Crippen LogP contribution in [0.2, 0.25) is 0 Å². The summed E-state index contributed by atoms with van der Waals surface area (Å²) in [6.45, 7) is 7.18. The van der Waals surface area contributed by atoms with Gasteiger partial charge in [0, 0.05) is 19.0 Å². The van der Waals surface area contributed by atoms with Crippen molar-refractivity contribution in [3.8, 4) is 5.75 Å². The van der Waals surface area contributed by atoms with Crippen LogP contribution in [0.5, 0.6) is 5.75 Å². The third-order valence-corrected chi connectivity index (χ3v) is 4.17. The van der Waals surface area contributed by atoms with Crippen LogP contribution < -0.4 is 4.74 Å². The lowest BCUT2D eigenvalue weighted by atomic mass is 10.1. The molecule has 22 heavy (non-hydrogen) atoms. The van der Waals surface area contributed by atoms with Crippen LogP contribution in [0, 0.1) is 15.3 Å². The van der Waals surface area contributed by atoms with Crippen LogP contribution in [-0.2, 0) is 4.74 Å². The Morgan fingerprint density at radius 2 is 2.18 bits per heavy atom. The van der Waals surface area contributed by atoms with Crippen molar-refractivity contribution in [1.29, 1.82) is 0 Å². The average Bonchev–Trinajstić information content (AvgIpc) is 2.85. The van der Waals surface area contributed by atoms with E-state index in [9.17, 15) is 9.18 Å². The van der Waals surface area contributed by atoms with Gasteiger partial charge in [0.1, 0.15) is 5.60 Å². The molecule has 1 saturated heterocycles. The summed E-state index contributed by atoms with van der Waals surface area (Å²) in [6.07, 6.45) is 0.542. The smallest absolute Gasteiger partial charge is 0.410 e. The number of likely N-dealkylation sites (tertiary alicyclic amines) is 1. The van der Waals surface area contributed by atoms with Gasteiger partial charge >= 0.3 is 6.09 Å². The molecule has 0 N–H and O–H groups in total.